The Morgan fingerprint density at radius 1 is 1.04 bits per heavy atom. The molecular weight excluding hydrogens is 316 g/mol. The zero-order chi connectivity index (χ0) is 18.5. The maximum atomic E-state index is 12.2. The van der Waals surface area contributed by atoms with Crippen molar-refractivity contribution in [2.75, 3.05) is 13.2 Å². The van der Waals surface area contributed by atoms with Gasteiger partial charge in [0.1, 0.15) is 31.0 Å². The Hall–Kier alpha value is -1.51. The summed E-state index contributed by atoms with van der Waals surface area (Å²) in [5, 5.41) is 47.0. The van der Waals surface area contributed by atoms with Crippen molar-refractivity contribution in [2.45, 2.75) is 50.6 Å². The highest BCUT2D eigenvalue weighted by atomic mass is 16.5. The number of carbonyl (C=O) groups excluding carboxylic acids is 1. The molecule has 0 saturated carbocycles. The molecular formula is C17H26O7. The van der Waals surface area contributed by atoms with Gasteiger partial charge in [-0.05, 0) is 17.0 Å². The molecule has 0 saturated heterocycles. The Balaban J connectivity index is 2.74. The van der Waals surface area contributed by atoms with Gasteiger partial charge in [0, 0.05) is 0 Å². The average Bonchev–Trinajstić information content (AvgIpc) is 2.56. The van der Waals surface area contributed by atoms with Crippen molar-refractivity contribution in [2.24, 2.45) is 0 Å². The number of carbonyl (C=O) groups is 1. The van der Waals surface area contributed by atoms with E-state index >= 15 is 0 Å². The molecule has 0 bridgehead atoms. The first kappa shape index (κ1) is 20.5. The first-order valence-electron chi connectivity index (χ1n) is 7.69. The van der Waals surface area contributed by atoms with Gasteiger partial charge in [-0.2, -0.15) is 0 Å². The van der Waals surface area contributed by atoms with Crippen LogP contribution in [0.5, 0.6) is 0 Å². The van der Waals surface area contributed by atoms with Crippen LogP contribution in [0.3, 0.4) is 0 Å². The van der Waals surface area contributed by atoms with Crippen LogP contribution >= 0.6 is 0 Å². The summed E-state index contributed by atoms with van der Waals surface area (Å²) in [6, 6.07) is 6.92. The lowest BCUT2D eigenvalue weighted by atomic mass is 9.84. The minimum absolute atomic E-state index is 0.283. The van der Waals surface area contributed by atoms with Gasteiger partial charge in [0.25, 0.3) is 0 Å². The van der Waals surface area contributed by atoms with Gasteiger partial charge in [-0.1, -0.05) is 39.0 Å². The molecule has 0 heterocycles. The van der Waals surface area contributed by atoms with Crippen LogP contribution in [0, 0.1) is 0 Å². The molecule has 0 aromatic heterocycles. The SMILES string of the molecule is CC(C)(C)c1ccccc1C(=O)OC[C@@H](O)[C@@H](O)[C@H](O)[C@@H](O)CO. The van der Waals surface area contributed by atoms with E-state index < -0.39 is 43.6 Å². The fraction of sp³-hybridized carbons (Fsp3) is 0.588. The first-order valence-corrected chi connectivity index (χ1v) is 7.69. The summed E-state index contributed by atoms with van der Waals surface area (Å²) >= 11 is 0. The van der Waals surface area contributed by atoms with E-state index in [-0.39, 0.29) is 5.41 Å². The quantitative estimate of drug-likeness (QED) is 0.426. The van der Waals surface area contributed by atoms with Crippen LogP contribution in [-0.4, -0.2) is 69.1 Å². The molecule has 7 heteroatoms. The fourth-order valence-corrected chi connectivity index (χ4v) is 2.22. The molecule has 24 heavy (non-hydrogen) atoms. The van der Waals surface area contributed by atoms with Gasteiger partial charge >= 0.3 is 5.97 Å². The number of aliphatic hydroxyl groups is 5. The molecule has 0 fully saturated rings. The average molecular weight is 342 g/mol. The summed E-state index contributed by atoms with van der Waals surface area (Å²) in [6.07, 6.45) is -6.73. The minimum Gasteiger partial charge on any atom is -0.459 e. The highest BCUT2D eigenvalue weighted by Gasteiger charge is 2.31. The molecule has 4 atom stereocenters. The van der Waals surface area contributed by atoms with Gasteiger partial charge in [0.15, 0.2) is 0 Å². The summed E-state index contributed by atoms with van der Waals surface area (Å²) in [7, 11) is 0. The van der Waals surface area contributed by atoms with Crippen molar-refractivity contribution in [3.8, 4) is 0 Å². The number of ether oxygens (including phenoxy) is 1. The van der Waals surface area contributed by atoms with Crippen molar-refractivity contribution in [1.29, 1.82) is 0 Å². The Morgan fingerprint density at radius 3 is 2.12 bits per heavy atom. The molecule has 136 valence electrons. The minimum atomic E-state index is -1.77. The summed E-state index contributed by atoms with van der Waals surface area (Å²) in [4.78, 5) is 12.2. The summed E-state index contributed by atoms with van der Waals surface area (Å²) in [6.45, 7) is 4.51. The van der Waals surface area contributed by atoms with Crippen molar-refractivity contribution in [1.82, 2.24) is 0 Å². The van der Waals surface area contributed by atoms with E-state index in [0.29, 0.717) is 5.56 Å². The van der Waals surface area contributed by atoms with Crippen LogP contribution in [0.4, 0.5) is 0 Å². The molecule has 1 aromatic rings. The third kappa shape index (κ3) is 5.25. The number of esters is 1. The smallest absolute Gasteiger partial charge is 0.338 e. The monoisotopic (exact) mass is 342 g/mol. The van der Waals surface area contributed by atoms with Crippen LogP contribution in [0.25, 0.3) is 0 Å². The largest absolute Gasteiger partial charge is 0.459 e. The summed E-state index contributed by atoms with van der Waals surface area (Å²) in [5.74, 6) is -0.663. The van der Waals surface area contributed by atoms with Crippen LogP contribution in [0.15, 0.2) is 24.3 Å². The highest BCUT2D eigenvalue weighted by molar-refractivity contribution is 5.91. The zero-order valence-corrected chi connectivity index (χ0v) is 14.1. The Morgan fingerprint density at radius 2 is 1.58 bits per heavy atom. The third-order valence-electron chi connectivity index (χ3n) is 3.67. The Bertz CT molecular complexity index is 538. The molecule has 0 unspecified atom stereocenters. The van der Waals surface area contributed by atoms with Crippen LogP contribution in [-0.2, 0) is 10.2 Å². The number of aliphatic hydroxyl groups excluding tert-OH is 5. The standard InChI is InChI=1S/C17H26O7/c1-17(2,3)11-7-5-4-6-10(11)16(23)24-9-13(20)15(22)14(21)12(19)8-18/h4-7,12-15,18-22H,8-9H2,1-3H3/t12-,13+,14+,15+/m0/s1. The molecule has 0 radical (unpaired) electrons. The number of rotatable bonds is 7. The van der Waals surface area contributed by atoms with E-state index in [2.05, 4.69) is 0 Å². The normalized spacial score (nSPS) is 17.0. The molecule has 7 nitrogen and oxygen atoms in total. The zero-order valence-electron chi connectivity index (χ0n) is 14.1. The predicted octanol–water partition coefficient (Wildman–Crippen LogP) is -0.423. The van der Waals surface area contributed by atoms with Gasteiger partial charge in [-0.3, -0.25) is 0 Å². The molecule has 0 aliphatic heterocycles. The lowest BCUT2D eigenvalue weighted by molar-refractivity contribution is -0.124. The van der Waals surface area contributed by atoms with E-state index in [4.69, 9.17) is 9.84 Å². The molecule has 0 amide bonds. The van der Waals surface area contributed by atoms with Gasteiger partial charge in [-0.15, -0.1) is 0 Å². The fourth-order valence-electron chi connectivity index (χ4n) is 2.22. The molecule has 1 aromatic carbocycles. The number of benzene rings is 1. The Kier molecular flexibility index (Phi) is 7.31. The van der Waals surface area contributed by atoms with E-state index in [9.17, 15) is 25.2 Å². The van der Waals surface area contributed by atoms with Crippen molar-refractivity contribution < 1.29 is 35.1 Å². The maximum Gasteiger partial charge on any atom is 0.338 e. The van der Waals surface area contributed by atoms with E-state index in [1.165, 1.54) is 0 Å². The van der Waals surface area contributed by atoms with Gasteiger partial charge in [-0.25, -0.2) is 4.79 Å². The maximum absolute atomic E-state index is 12.2. The first-order chi connectivity index (χ1) is 11.1. The van der Waals surface area contributed by atoms with Gasteiger partial charge in [0.05, 0.1) is 12.2 Å². The van der Waals surface area contributed by atoms with E-state index in [0.717, 1.165) is 5.56 Å². The Labute approximate surface area is 141 Å². The molecule has 0 spiro atoms. The molecule has 0 aliphatic carbocycles. The highest BCUT2D eigenvalue weighted by Crippen LogP contribution is 2.26. The van der Waals surface area contributed by atoms with Gasteiger partial charge in [0.2, 0.25) is 0 Å². The van der Waals surface area contributed by atoms with E-state index in [1.54, 1.807) is 12.1 Å². The van der Waals surface area contributed by atoms with E-state index in [1.807, 2.05) is 32.9 Å². The van der Waals surface area contributed by atoms with Crippen molar-refractivity contribution in [3.63, 3.8) is 0 Å². The lowest BCUT2D eigenvalue weighted by Gasteiger charge is -2.26. The third-order valence-corrected chi connectivity index (χ3v) is 3.67. The van der Waals surface area contributed by atoms with Crippen LogP contribution < -0.4 is 0 Å². The lowest BCUT2D eigenvalue weighted by Crippen LogP contribution is -2.47. The second-order valence-corrected chi connectivity index (χ2v) is 6.69. The predicted molar refractivity (Wildman–Crippen MR) is 86.5 cm³/mol. The van der Waals surface area contributed by atoms with Crippen molar-refractivity contribution >= 4 is 5.97 Å². The molecule has 0 aliphatic rings. The van der Waals surface area contributed by atoms with Gasteiger partial charge < -0.3 is 30.3 Å². The van der Waals surface area contributed by atoms with Crippen LogP contribution in [0.1, 0.15) is 36.7 Å². The summed E-state index contributed by atoms with van der Waals surface area (Å²) < 4.78 is 5.01. The number of hydrogen-bond acceptors (Lipinski definition) is 7. The molecule has 1 rings (SSSR count). The second kappa shape index (κ2) is 8.55. The van der Waals surface area contributed by atoms with Crippen LogP contribution in [0.2, 0.25) is 0 Å². The molecule has 5 N–H and O–H groups in total. The second-order valence-electron chi connectivity index (χ2n) is 6.69. The topological polar surface area (TPSA) is 127 Å². The number of hydrogen-bond donors (Lipinski definition) is 5. The van der Waals surface area contributed by atoms with Crippen molar-refractivity contribution in [3.05, 3.63) is 35.4 Å². The summed E-state index contributed by atoms with van der Waals surface area (Å²) in [5.41, 5.74) is 0.846.